The van der Waals surface area contributed by atoms with Gasteiger partial charge in [-0.25, -0.2) is 4.79 Å². The molecule has 0 unspecified atom stereocenters. The van der Waals surface area contributed by atoms with E-state index in [1.54, 1.807) is 20.8 Å². The van der Waals surface area contributed by atoms with Gasteiger partial charge in [0, 0.05) is 12.8 Å². The molecule has 0 heterocycles. The molecule has 0 rings (SSSR count). The predicted molar refractivity (Wildman–Crippen MR) is 62.1 cm³/mol. The second-order valence-corrected chi connectivity index (χ2v) is 4.29. The summed E-state index contributed by atoms with van der Waals surface area (Å²) in [6.45, 7) is 5.28. The third-order valence-corrected chi connectivity index (χ3v) is 1.34. The SMILES string of the molecule is CC(C)(C)OC(N)=O.N#CCCCCC(=O)O. The number of carbonyl (C=O) groups excluding carboxylic acids is 1. The van der Waals surface area contributed by atoms with E-state index in [0.717, 1.165) is 0 Å². The normalized spacial score (nSPS) is 9.53. The largest absolute Gasteiger partial charge is 0.481 e. The zero-order chi connectivity index (χ0) is 13.9. The molecule has 0 aromatic rings. The highest BCUT2D eigenvalue weighted by molar-refractivity contribution is 5.66. The van der Waals surface area contributed by atoms with Crippen molar-refractivity contribution < 1.29 is 19.4 Å². The number of carbonyl (C=O) groups is 2. The van der Waals surface area contributed by atoms with E-state index in [1.807, 2.05) is 6.07 Å². The molecule has 0 aliphatic carbocycles. The molecule has 0 bridgehead atoms. The molecule has 0 saturated heterocycles. The summed E-state index contributed by atoms with van der Waals surface area (Å²) in [5.74, 6) is -0.784. The van der Waals surface area contributed by atoms with Gasteiger partial charge in [0.15, 0.2) is 0 Å². The topological polar surface area (TPSA) is 113 Å². The first-order chi connectivity index (χ1) is 7.69. The number of aliphatic carboxylic acids is 1. The van der Waals surface area contributed by atoms with E-state index >= 15 is 0 Å². The molecule has 0 aromatic heterocycles. The van der Waals surface area contributed by atoms with E-state index in [-0.39, 0.29) is 6.42 Å². The van der Waals surface area contributed by atoms with Crippen LogP contribution >= 0.6 is 0 Å². The van der Waals surface area contributed by atoms with Gasteiger partial charge < -0.3 is 15.6 Å². The van der Waals surface area contributed by atoms with Crippen LogP contribution in [-0.2, 0) is 9.53 Å². The average molecular weight is 244 g/mol. The number of hydrogen-bond donors (Lipinski definition) is 2. The van der Waals surface area contributed by atoms with E-state index in [1.165, 1.54) is 0 Å². The maximum absolute atomic E-state index is 10.0. The maximum Gasteiger partial charge on any atom is 0.405 e. The fourth-order valence-corrected chi connectivity index (χ4v) is 0.782. The molecule has 1 amide bonds. The summed E-state index contributed by atoms with van der Waals surface area (Å²) < 4.78 is 4.58. The number of ether oxygens (including phenoxy) is 1. The van der Waals surface area contributed by atoms with Crippen LogP contribution < -0.4 is 5.73 Å². The molecule has 0 fully saturated rings. The number of rotatable bonds is 4. The molecule has 0 saturated carbocycles. The van der Waals surface area contributed by atoms with Crippen LogP contribution in [0.25, 0.3) is 0 Å². The standard InChI is InChI=1S/C6H9NO2.C5H11NO2/c7-5-3-1-2-4-6(8)9;1-5(2,3)8-4(6)7/h1-4H2,(H,8,9);1-3H3,(H2,6,7). The lowest BCUT2D eigenvalue weighted by molar-refractivity contribution is -0.137. The number of carboxylic acid groups (broad SMARTS) is 1. The second-order valence-electron chi connectivity index (χ2n) is 4.29. The van der Waals surface area contributed by atoms with Crippen LogP contribution in [0.5, 0.6) is 0 Å². The van der Waals surface area contributed by atoms with Crippen molar-refractivity contribution in [1.82, 2.24) is 0 Å². The Hall–Kier alpha value is -1.77. The van der Waals surface area contributed by atoms with Gasteiger partial charge in [-0.15, -0.1) is 0 Å². The van der Waals surface area contributed by atoms with Gasteiger partial charge in [-0.3, -0.25) is 4.79 Å². The van der Waals surface area contributed by atoms with Crippen LogP contribution in [0, 0.1) is 11.3 Å². The molecule has 0 aliphatic rings. The van der Waals surface area contributed by atoms with Crippen LogP contribution in [0.15, 0.2) is 0 Å². The highest BCUT2D eigenvalue weighted by Gasteiger charge is 2.12. The highest BCUT2D eigenvalue weighted by atomic mass is 16.6. The van der Waals surface area contributed by atoms with Crippen molar-refractivity contribution in [3.63, 3.8) is 0 Å². The van der Waals surface area contributed by atoms with Gasteiger partial charge in [0.1, 0.15) is 5.60 Å². The number of nitrogens with zero attached hydrogens (tertiary/aromatic N) is 1. The lowest BCUT2D eigenvalue weighted by Crippen LogP contribution is -2.27. The minimum Gasteiger partial charge on any atom is -0.481 e. The number of nitrogens with two attached hydrogens (primary N) is 1. The van der Waals surface area contributed by atoms with Gasteiger partial charge in [-0.1, -0.05) is 0 Å². The minimum absolute atomic E-state index is 0.182. The monoisotopic (exact) mass is 244 g/mol. The molecule has 0 radical (unpaired) electrons. The Kier molecular flexibility index (Phi) is 9.80. The number of amides is 1. The zero-order valence-corrected chi connectivity index (χ0v) is 10.5. The lowest BCUT2D eigenvalue weighted by Gasteiger charge is -2.16. The van der Waals surface area contributed by atoms with Gasteiger partial charge in [0.25, 0.3) is 0 Å². The molecule has 17 heavy (non-hydrogen) atoms. The first-order valence-corrected chi connectivity index (χ1v) is 5.26. The average Bonchev–Trinajstić information content (AvgIpc) is 2.09. The van der Waals surface area contributed by atoms with Crippen LogP contribution in [0.4, 0.5) is 4.79 Å². The Labute approximate surface area is 101 Å². The Morgan fingerprint density at radius 2 is 1.88 bits per heavy atom. The molecular formula is C11H20N2O4. The van der Waals surface area contributed by atoms with Crippen molar-refractivity contribution >= 4 is 12.1 Å². The van der Waals surface area contributed by atoms with Crippen LogP contribution in [0.2, 0.25) is 0 Å². The van der Waals surface area contributed by atoms with E-state index < -0.39 is 17.7 Å². The zero-order valence-electron chi connectivity index (χ0n) is 10.5. The van der Waals surface area contributed by atoms with Gasteiger partial charge >= 0.3 is 12.1 Å². The van der Waals surface area contributed by atoms with E-state index in [9.17, 15) is 9.59 Å². The van der Waals surface area contributed by atoms with Gasteiger partial charge in [-0.05, 0) is 33.6 Å². The van der Waals surface area contributed by atoms with E-state index in [2.05, 4.69) is 4.74 Å². The van der Waals surface area contributed by atoms with Crippen LogP contribution in [0.3, 0.4) is 0 Å². The summed E-state index contributed by atoms with van der Waals surface area (Å²) in [5.41, 5.74) is 4.26. The molecule has 0 atom stereocenters. The molecule has 3 N–H and O–H groups in total. The Bertz CT molecular complexity index is 276. The van der Waals surface area contributed by atoms with Crippen molar-refractivity contribution in [2.24, 2.45) is 5.73 Å². The quantitative estimate of drug-likeness (QED) is 0.734. The van der Waals surface area contributed by atoms with Crippen molar-refractivity contribution in [2.75, 3.05) is 0 Å². The third kappa shape index (κ3) is 25.0. The second kappa shape index (κ2) is 9.46. The third-order valence-electron chi connectivity index (χ3n) is 1.34. The lowest BCUT2D eigenvalue weighted by atomic mass is 10.2. The van der Waals surface area contributed by atoms with Crippen molar-refractivity contribution in [3.05, 3.63) is 0 Å². The Morgan fingerprint density at radius 1 is 1.35 bits per heavy atom. The number of primary amides is 1. The summed E-state index contributed by atoms with van der Waals surface area (Å²) in [4.78, 5) is 19.9. The van der Waals surface area contributed by atoms with Crippen LogP contribution in [-0.4, -0.2) is 22.8 Å². The molecule has 6 heteroatoms. The number of hydrogen-bond acceptors (Lipinski definition) is 4. The number of nitriles is 1. The fraction of sp³-hybridized carbons (Fsp3) is 0.727. The summed E-state index contributed by atoms with van der Waals surface area (Å²) in [6.07, 6.45) is 1.23. The minimum atomic E-state index is -0.784. The van der Waals surface area contributed by atoms with Crippen molar-refractivity contribution in [2.45, 2.75) is 52.1 Å². The van der Waals surface area contributed by atoms with Gasteiger partial charge in [0.05, 0.1) is 6.07 Å². The van der Waals surface area contributed by atoms with Gasteiger partial charge in [-0.2, -0.15) is 5.26 Å². The first kappa shape index (κ1) is 17.6. The molecule has 0 aromatic carbocycles. The highest BCUT2D eigenvalue weighted by Crippen LogP contribution is 2.04. The van der Waals surface area contributed by atoms with Gasteiger partial charge in [0.2, 0.25) is 0 Å². The summed E-state index contributed by atoms with van der Waals surface area (Å²) in [6, 6.07) is 1.95. The molecule has 98 valence electrons. The van der Waals surface area contributed by atoms with E-state index in [4.69, 9.17) is 16.1 Å². The molecule has 0 aliphatic heterocycles. The number of carboxylic acids is 1. The van der Waals surface area contributed by atoms with Crippen molar-refractivity contribution in [1.29, 1.82) is 5.26 Å². The summed E-state index contributed by atoms with van der Waals surface area (Å²) in [5, 5.41) is 16.2. The Balaban J connectivity index is 0. The van der Waals surface area contributed by atoms with Crippen LogP contribution in [0.1, 0.15) is 46.5 Å². The van der Waals surface area contributed by atoms with E-state index in [0.29, 0.717) is 19.3 Å². The maximum atomic E-state index is 10.0. The fourth-order valence-electron chi connectivity index (χ4n) is 0.782. The predicted octanol–water partition coefficient (Wildman–Crippen LogP) is 2.04. The Morgan fingerprint density at radius 3 is 2.12 bits per heavy atom. The summed E-state index contributed by atoms with van der Waals surface area (Å²) >= 11 is 0. The summed E-state index contributed by atoms with van der Waals surface area (Å²) in [7, 11) is 0. The molecule has 0 spiro atoms. The molecular weight excluding hydrogens is 224 g/mol. The first-order valence-electron chi connectivity index (χ1n) is 5.26. The molecule has 6 nitrogen and oxygen atoms in total. The number of unbranched alkanes of at least 4 members (excludes halogenated alkanes) is 2. The van der Waals surface area contributed by atoms with Crippen molar-refractivity contribution in [3.8, 4) is 6.07 Å². The smallest absolute Gasteiger partial charge is 0.405 e.